The number of pyridine rings is 1. The minimum absolute atomic E-state index is 0.225. The molecule has 162 valence electrons. The minimum Gasteiger partial charge on any atom is -0.393 e. The lowest BCUT2D eigenvalue weighted by Gasteiger charge is -2.26. The van der Waals surface area contributed by atoms with Crippen molar-refractivity contribution >= 4 is 41.1 Å². The highest BCUT2D eigenvalue weighted by Gasteiger charge is 2.25. The summed E-state index contributed by atoms with van der Waals surface area (Å²) in [4.78, 5) is 9.15. The van der Waals surface area contributed by atoms with Gasteiger partial charge in [-0.25, -0.2) is 9.98 Å². The van der Waals surface area contributed by atoms with Gasteiger partial charge in [-0.15, -0.1) is 11.8 Å². The molecule has 0 aromatic carbocycles. The van der Waals surface area contributed by atoms with Gasteiger partial charge in [0.25, 0.3) is 0 Å². The molecule has 0 unspecified atom stereocenters. The van der Waals surface area contributed by atoms with Crippen LogP contribution >= 0.6 is 23.5 Å². The van der Waals surface area contributed by atoms with Crippen LogP contribution in [0.1, 0.15) is 54.8 Å². The first-order chi connectivity index (χ1) is 15.2. The molecule has 2 aliphatic heterocycles. The number of rotatable bonds is 7. The summed E-state index contributed by atoms with van der Waals surface area (Å²) >= 11 is 3.65. The van der Waals surface area contributed by atoms with Crippen LogP contribution < -0.4 is 5.32 Å². The number of dihydropyridines is 1. The van der Waals surface area contributed by atoms with Crippen molar-refractivity contribution in [3.05, 3.63) is 40.7 Å². The molecule has 4 rings (SSSR count). The van der Waals surface area contributed by atoms with Crippen molar-refractivity contribution < 1.29 is 4.74 Å². The second-order valence-electron chi connectivity index (χ2n) is 7.85. The van der Waals surface area contributed by atoms with Gasteiger partial charge < -0.3 is 10.1 Å². The lowest BCUT2D eigenvalue weighted by molar-refractivity contribution is 0.0852. The Kier molecular flexibility index (Phi) is 7.49. The largest absolute Gasteiger partial charge is 0.393 e. The highest BCUT2D eigenvalue weighted by Crippen LogP contribution is 2.39. The normalized spacial score (nSPS) is 21.0. The zero-order valence-electron chi connectivity index (χ0n) is 17.7. The Labute approximate surface area is 192 Å². The molecule has 0 spiro atoms. The summed E-state index contributed by atoms with van der Waals surface area (Å²) in [7, 11) is 1.81. The van der Waals surface area contributed by atoms with Gasteiger partial charge in [-0.05, 0) is 49.3 Å². The van der Waals surface area contributed by atoms with Crippen LogP contribution in [0.15, 0.2) is 33.9 Å². The van der Waals surface area contributed by atoms with Crippen molar-refractivity contribution in [1.29, 1.82) is 10.7 Å². The lowest BCUT2D eigenvalue weighted by atomic mass is 9.88. The molecule has 1 aromatic heterocycles. The second-order valence-corrected chi connectivity index (χ2v) is 10.5. The van der Waals surface area contributed by atoms with E-state index in [4.69, 9.17) is 15.1 Å². The standard InChI is InChI=1S/C23H27N5OS2/c1-26-12-17-9-16(13-27-22(17)25)21-10-19(15-5-7-29-8-6-15)20(11-24)23(28-21)31-14-30-18-3-2-4-18/h9-10,12-13,15,18,25-26H,2-8,14H2,1H3/b17-12-,25-22?. The summed E-state index contributed by atoms with van der Waals surface area (Å²) in [6, 6.07) is 4.51. The van der Waals surface area contributed by atoms with Crippen molar-refractivity contribution in [2.45, 2.75) is 48.3 Å². The van der Waals surface area contributed by atoms with Gasteiger partial charge in [0.1, 0.15) is 11.1 Å². The molecule has 1 aliphatic carbocycles. The van der Waals surface area contributed by atoms with E-state index < -0.39 is 0 Å². The smallest absolute Gasteiger partial charge is 0.153 e. The van der Waals surface area contributed by atoms with Gasteiger partial charge in [0.15, 0.2) is 5.84 Å². The van der Waals surface area contributed by atoms with Gasteiger partial charge in [-0.2, -0.15) is 5.26 Å². The fourth-order valence-corrected chi connectivity index (χ4v) is 6.47. The first-order valence-corrected chi connectivity index (χ1v) is 12.7. The van der Waals surface area contributed by atoms with E-state index in [9.17, 15) is 5.26 Å². The van der Waals surface area contributed by atoms with E-state index in [1.165, 1.54) is 19.3 Å². The molecule has 0 radical (unpaired) electrons. The van der Waals surface area contributed by atoms with Gasteiger partial charge in [0, 0.05) is 54.2 Å². The average Bonchev–Trinajstić information content (AvgIpc) is 2.77. The zero-order chi connectivity index (χ0) is 21.6. The molecule has 0 bridgehead atoms. The third-order valence-corrected chi connectivity index (χ3v) is 8.38. The van der Waals surface area contributed by atoms with Crippen LogP contribution in [0, 0.1) is 16.7 Å². The van der Waals surface area contributed by atoms with Crippen LogP contribution in [-0.4, -0.2) is 47.6 Å². The molecule has 0 amide bonds. The number of amidine groups is 1. The van der Waals surface area contributed by atoms with Crippen LogP contribution in [0.4, 0.5) is 0 Å². The van der Waals surface area contributed by atoms with Crippen molar-refractivity contribution in [3.8, 4) is 6.07 Å². The second kappa shape index (κ2) is 10.5. The van der Waals surface area contributed by atoms with E-state index in [0.29, 0.717) is 17.1 Å². The molecular formula is C23H27N5OS2. The average molecular weight is 454 g/mol. The molecular weight excluding hydrogens is 426 g/mol. The fraction of sp³-hybridized carbons (Fsp3) is 0.478. The Morgan fingerprint density at radius 3 is 2.81 bits per heavy atom. The van der Waals surface area contributed by atoms with E-state index in [1.807, 2.05) is 24.9 Å². The van der Waals surface area contributed by atoms with E-state index in [0.717, 1.165) is 58.2 Å². The molecule has 3 heterocycles. The lowest BCUT2D eigenvalue weighted by Crippen LogP contribution is -2.17. The molecule has 0 atom stereocenters. The maximum absolute atomic E-state index is 10.0. The maximum atomic E-state index is 10.0. The van der Waals surface area contributed by atoms with Gasteiger partial charge in [0.05, 0.1) is 11.3 Å². The highest BCUT2D eigenvalue weighted by atomic mass is 32.2. The number of ether oxygens (including phenoxy) is 1. The molecule has 3 aliphatic rings. The third-order valence-electron chi connectivity index (χ3n) is 5.85. The number of allylic oxidation sites excluding steroid dienone is 1. The van der Waals surface area contributed by atoms with Crippen molar-refractivity contribution in [2.75, 3.05) is 25.3 Å². The Balaban J connectivity index is 1.70. The van der Waals surface area contributed by atoms with Crippen molar-refractivity contribution in [2.24, 2.45) is 4.99 Å². The number of aromatic nitrogens is 1. The Bertz CT molecular complexity index is 969. The molecule has 31 heavy (non-hydrogen) atoms. The fourth-order valence-electron chi connectivity index (χ4n) is 3.85. The summed E-state index contributed by atoms with van der Waals surface area (Å²) in [6.07, 6.45) is 11.2. The van der Waals surface area contributed by atoms with Crippen LogP contribution in [0.25, 0.3) is 5.57 Å². The highest BCUT2D eigenvalue weighted by molar-refractivity contribution is 8.16. The van der Waals surface area contributed by atoms with Gasteiger partial charge in [0.2, 0.25) is 0 Å². The Morgan fingerprint density at radius 1 is 1.32 bits per heavy atom. The molecule has 8 heteroatoms. The number of aliphatic imine (C=N–C) groups is 1. The van der Waals surface area contributed by atoms with Crippen LogP contribution in [-0.2, 0) is 4.74 Å². The quantitative estimate of drug-likeness (QED) is 0.458. The van der Waals surface area contributed by atoms with Crippen LogP contribution in [0.2, 0.25) is 0 Å². The number of nitrogens with zero attached hydrogens (tertiary/aromatic N) is 3. The summed E-state index contributed by atoms with van der Waals surface area (Å²) in [6.45, 7) is 1.45. The van der Waals surface area contributed by atoms with Crippen molar-refractivity contribution in [1.82, 2.24) is 10.3 Å². The van der Waals surface area contributed by atoms with E-state index in [-0.39, 0.29) is 5.84 Å². The summed E-state index contributed by atoms with van der Waals surface area (Å²) in [5.41, 5.74) is 4.18. The number of hydrogen-bond donors (Lipinski definition) is 2. The maximum Gasteiger partial charge on any atom is 0.153 e. The molecule has 1 saturated heterocycles. The number of thioether (sulfide) groups is 2. The van der Waals surface area contributed by atoms with Crippen LogP contribution in [0.5, 0.6) is 0 Å². The number of nitrogens with one attached hydrogen (secondary N) is 2. The number of nitriles is 1. The monoisotopic (exact) mass is 453 g/mol. The topological polar surface area (TPSA) is 94.2 Å². The van der Waals surface area contributed by atoms with Gasteiger partial charge >= 0.3 is 0 Å². The summed E-state index contributed by atoms with van der Waals surface area (Å²) < 4.78 is 5.56. The molecule has 2 N–H and O–H groups in total. The molecule has 1 aromatic rings. The predicted molar refractivity (Wildman–Crippen MR) is 129 cm³/mol. The Hall–Kier alpha value is -2.08. The van der Waals surface area contributed by atoms with Crippen LogP contribution in [0.3, 0.4) is 0 Å². The number of hydrogen-bond acceptors (Lipinski definition) is 7. The molecule has 2 fully saturated rings. The van der Waals surface area contributed by atoms with E-state index in [1.54, 1.807) is 24.2 Å². The van der Waals surface area contributed by atoms with Crippen molar-refractivity contribution in [3.63, 3.8) is 0 Å². The van der Waals surface area contributed by atoms with E-state index in [2.05, 4.69) is 22.4 Å². The Morgan fingerprint density at radius 2 is 2.13 bits per heavy atom. The van der Waals surface area contributed by atoms with E-state index >= 15 is 0 Å². The minimum atomic E-state index is 0.225. The van der Waals surface area contributed by atoms with Gasteiger partial charge in [-0.1, -0.05) is 18.2 Å². The SMILES string of the molecule is CN/C=C1/C=C(c2cc(C3CCOCC3)c(C#N)c(SCSC3CCC3)n2)C=NC1=N. The summed E-state index contributed by atoms with van der Waals surface area (Å²) in [5, 5.41) is 23.5. The molecule has 1 saturated carbocycles. The summed E-state index contributed by atoms with van der Waals surface area (Å²) in [5.74, 6) is 0.526. The first kappa shape index (κ1) is 22.1. The van der Waals surface area contributed by atoms with Gasteiger partial charge in [-0.3, -0.25) is 5.41 Å². The zero-order valence-corrected chi connectivity index (χ0v) is 19.3. The third kappa shape index (κ3) is 5.22. The molecule has 6 nitrogen and oxygen atoms in total. The first-order valence-electron chi connectivity index (χ1n) is 10.7. The predicted octanol–water partition coefficient (Wildman–Crippen LogP) is 4.73.